The van der Waals surface area contributed by atoms with E-state index in [1.807, 2.05) is 13.8 Å². The normalized spacial score (nSPS) is 27.2. The van der Waals surface area contributed by atoms with E-state index in [0.29, 0.717) is 5.41 Å². The summed E-state index contributed by atoms with van der Waals surface area (Å²) >= 11 is 0. The summed E-state index contributed by atoms with van der Waals surface area (Å²) < 4.78 is 0. The maximum Gasteiger partial charge on any atom is 0.00353 e. The van der Waals surface area contributed by atoms with Crippen molar-refractivity contribution in [3.8, 4) is 0 Å². The highest BCUT2D eigenvalue weighted by Crippen LogP contribution is 2.37. The van der Waals surface area contributed by atoms with Crippen molar-refractivity contribution in [2.45, 2.75) is 59.8 Å². The average Bonchev–Trinajstić information content (AvgIpc) is 2.61. The molecule has 0 aromatic heterocycles. The molecule has 1 heteroatoms. The van der Waals surface area contributed by atoms with Gasteiger partial charge >= 0.3 is 0 Å². The van der Waals surface area contributed by atoms with E-state index in [2.05, 4.69) is 25.8 Å². The Bertz CT molecular complexity index is 133. The molecule has 0 bridgehead atoms. The second kappa shape index (κ2) is 7.28. The lowest BCUT2D eigenvalue weighted by atomic mass is 9.79. The van der Waals surface area contributed by atoms with Crippen LogP contribution in [0.25, 0.3) is 0 Å². The Morgan fingerprint density at radius 1 is 1.21 bits per heavy atom. The van der Waals surface area contributed by atoms with Crippen molar-refractivity contribution in [1.29, 1.82) is 0 Å². The van der Waals surface area contributed by atoms with E-state index in [4.69, 9.17) is 0 Å². The SMILES string of the molecule is CC.CCCCC1(CC)CCN(C)C1. The first-order valence-corrected chi connectivity index (χ1v) is 6.41. The molecule has 1 unspecified atom stereocenters. The minimum Gasteiger partial charge on any atom is -0.306 e. The molecule has 0 radical (unpaired) electrons. The van der Waals surface area contributed by atoms with Gasteiger partial charge in [0.15, 0.2) is 0 Å². The van der Waals surface area contributed by atoms with Crippen LogP contribution in [0.2, 0.25) is 0 Å². The summed E-state index contributed by atoms with van der Waals surface area (Å²) in [4.78, 5) is 2.49. The van der Waals surface area contributed by atoms with E-state index in [1.54, 1.807) is 0 Å². The molecule has 1 saturated heterocycles. The van der Waals surface area contributed by atoms with Crippen LogP contribution in [0.3, 0.4) is 0 Å². The molecular formula is C13H29N. The number of hydrogen-bond donors (Lipinski definition) is 0. The van der Waals surface area contributed by atoms with Crippen molar-refractivity contribution in [1.82, 2.24) is 4.90 Å². The molecule has 0 spiro atoms. The number of rotatable bonds is 4. The fraction of sp³-hybridized carbons (Fsp3) is 1.00. The summed E-state index contributed by atoms with van der Waals surface area (Å²) in [6.45, 7) is 11.3. The predicted molar refractivity (Wildman–Crippen MR) is 65.7 cm³/mol. The third kappa shape index (κ3) is 4.00. The Kier molecular flexibility index (Phi) is 7.26. The minimum absolute atomic E-state index is 0.685. The molecule has 0 saturated carbocycles. The molecule has 1 aliphatic rings. The molecule has 1 nitrogen and oxygen atoms in total. The van der Waals surface area contributed by atoms with Crippen molar-refractivity contribution < 1.29 is 0 Å². The molecule has 1 rings (SSSR count). The fourth-order valence-electron chi connectivity index (χ4n) is 2.38. The van der Waals surface area contributed by atoms with Gasteiger partial charge in [0.05, 0.1) is 0 Å². The summed E-state index contributed by atoms with van der Waals surface area (Å²) in [5, 5.41) is 0. The van der Waals surface area contributed by atoms with Crippen molar-refractivity contribution in [2.75, 3.05) is 20.1 Å². The lowest BCUT2D eigenvalue weighted by molar-refractivity contribution is 0.244. The first-order valence-electron chi connectivity index (χ1n) is 6.41. The lowest BCUT2D eigenvalue weighted by Gasteiger charge is -2.27. The van der Waals surface area contributed by atoms with E-state index in [-0.39, 0.29) is 0 Å². The van der Waals surface area contributed by atoms with E-state index in [9.17, 15) is 0 Å². The van der Waals surface area contributed by atoms with E-state index < -0.39 is 0 Å². The van der Waals surface area contributed by atoms with Gasteiger partial charge in [-0.25, -0.2) is 0 Å². The van der Waals surface area contributed by atoms with Gasteiger partial charge in [-0.2, -0.15) is 0 Å². The maximum atomic E-state index is 2.49. The molecule has 0 aliphatic carbocycles. The fourth-order valence-corrected chi connectivity index (χ4v) is 2.38. The first kappa shape index (κ1) is 14.0. The van der Waals surface area contributed by atoms with Crippen molar-refractivity contribution in [3.63, 3.8) is 0 Å². The van der Waals surface area contributed by atoms with Gasteiger partial charge in [0.25, 0.3) is 0 Å². The zero-order chi connectivity index (χ0) is 11.0. The largest absolute Gasteiger partial charge is 0.306 e. The van der Waals surface area contributed by atoms with Crippen molar-refractivity contribution in [2.24, 2.45) is 5.41 Å². The van der Waals surface area contributed by atoms with Gasteiger partial charge in [-0.1, -0.05) is 40.5 Å². The zero-order valence-corrected chi connectivity index (χ0v) is 10.9. The van der Waals surface area contributed by atoms with E-state index >= 15 is 0 Å². The molecule has 1 heterocycles. The van der Waals surface area contributed by atoms with Gasteiger partial charge in [0.1, 0.15) is 0 Å². The number of likely N-dealkylation sites (tertiary alicyclic amines) is 1. The Hall–Kier alpha value is -0.0400. The number of nitrogens with zero attached hydrogens (tertiary/aromatic N) is 1. The van der Waals surface area contributed by atoms with Gasteiger partial charge in [-0.3, -0.25) is 0 Å². The van der Waals surface area contributed by atoms with Gasteiger partial charge in [-0.15, -0.1) is 0 Å². The quantitative estimate of drug-likeness (QED) is 0.663. The molecule has 1 fully saturated rings. The second-order valence-corrected chi connectivity index (χ2v) is 4.44. The highest BCUT2D eigenvalue weighted by atomic mass is 15.1. The summed E-state index contributed by atoms with van der Waals surface area (Å²) in [5.74, 6) is 0. The van der Waals surface area contributed by atoms with Gasteiger partial charge in [0.2, 0.25) is 0 Å². The van der Waals surface area contributed by atoms with Crippen LogP contribution in [-0.2, 0) is 0 Å². The molecule has 0 aromatic carbocycles. The number of hydrogen-bond acceptors (Lipinski definition) is 1. The van der Waals surface area contributed by atoms with Gasteiger partial charge in [-0.05, 0) is 38.3 Å². The predicted octanol–water partition coefficient (Wildman–Crippen LogP) is 3.93. The number of unbranched alkanes of at least 4 members (excludes halogenated alkanes) is 1. The van der Waals surface area contributed by atoms with Crippen molar-refractivity contribution in [3.05, 3.63) is 0 Å². The summed E-state index contributed by atoms with van der Waals surface area (Å²) in [7, 11) is 2.25. The maximum absolute atomic E-state index is 2.49. The summed E-state index contributed by atoms with van der Waals surface area (Å²) in [6.07, 6.45) is 7.02. The molecular weight excluding hydrogens is 170 g/mol. The highest BCUT2D eigenvalue weighted by Gasteiger charge is 2.33. The van der Waals surface area contributed by atoms with E-state index in [1.165, 1.54) is 45.2 Å². The van der Waals surface area contributed by atoms with Crippen molar-refractivity contribution >= 4 is 0 Å². The van der Waals surface area contributed by atoms with Crippen LogP contribution in [0.1, 0.15) is 59.8 Å². The van der Waals surface area contributed by atoms with Crippen LogP contribution < -0.4 is 0 Å². The minimum atomic E-state index is 0.685. The molecule has 1 atom stereocenters. The van der Waals surface area contributed by atoms with Crippen LogP contribution in [0, 0.1) is 5.41 Å². The monoisotopic (exact) mass is 199 g/mol. The third-order valence-electron chi connectivity index (χ3n) is 3.44. The molecule has 0 N–H and O–H groups in total. The lowest BCUT2D eigenvalue weighted by Crippen LogP contribution is -2.24. The molecule has 14 heavy (non-hydrogen) atoms. The smallest absolute Gasteiger partial charge is 0.00353 e. The Balaban J connectivity index is 0.000000791. The first-order chi connectivity index (χ1) is 6.72. The van der Waals surface area contributed by atoms with Gasteiger partial charge < -0.3 is 4.90 Å². The third-order valence-corrected chi connectivity index (χ3v) is 3.44. The average molecular weight is 199 g/mol. The van der Waals surface area contributed by atoms with E-state index in [0.717, 1.165) is 0 Å². The van der Waals surface area contributed by atoms with Crippen LogP contribution in [-0.4, -0.2) is 25.0 Å². The van der Waals surface area contributed by atoms with Crippen LogP contribution in [0.15, 0.2) is 0 Å². The Morgan fingerprint density at radius 2 is 1.86 bits per heavy atom. The summed E-state index contributed by atoms with van der Waals surface area (Å²) in [6, 6.07) is 0. The van der Waals surface area contributed by atoms with Crippen LogP contribution >= 0.6 is 0 Å². The zero-order valence-electron chi connectivity index (χ0n) is 10.9. The Morgan fingerprint density at radius 3 is 2.21 bits per heavy atom. The Labute approximate surface area is 90.9 Å². The molecule has 0 amide bonds. The van der Waals surface area contributed by atoms with Gasteiger partial charge in [0, 0.05) is 6.54 Å². The topological polar surface area (TPSA) is 3.24 Å². The molecule has 86 valence electrons. The second-order valence-electron chi connectivity index (χ2n) is 4.44. The van der Waals surface area contributed by atoms with Crippen LogP contribution in [0.4, 0.5) is 0 Å². The molecule has 0 aromatic rings. The summed E-state index contributed by atoms with van der Waals surface area (Å²) in [5.41, 5.74) is 0.685. The molecule has 1 aliphatic heterocycles. The standard InChI is InChI=1S/C11H23N.C2H6/c1-4-6-7-11(5-2)8-9-12(3)10-11;1-2/h4-10H2,1-3H3;1-2H3. The highest BCUT2D eigenvalue weighted by molar-refractivity contribution is 4.87. The van der Waals surface area contributed by atoms with Crippen LogP contribution in [0.5, 0.6) is 0 Å².